The maximum atomic E-state index is 13.8. The average Bonchev–Trinajstić information content (AvgIpc) is 3.27. The Kier molecular flexibility index (Phi) is 6.94. The van der Waals surface area contributed by atoms with Crippen molar-refractivity contribution < 1.29 is 14.0 Å². The summed E-state index contributed by atoms with van der Waals surface area (Å²) >= 11 is 2.70. The molecule has 32 heavy (non-hydrogen) atoms. The van der Waals surface area contributed by atoms with Gasteiger partial charge in [-0.05, 0) is 30.3 Å². The van der Waals surface area contributed by atoms with Crippen molar-refractivity contribution in [1.29, 1.82) is 0 Å². The molecule has 160 valence electrons. The average molecular weight is 464 g/mol. The van der Waals surface area contributed by atoms with E-state index in [4.69, 9.17) is 0 Å². The van der Waals surface area contributed by atoms with Gasteiger partial charge in [0.25, 0.3) is 5.91 Å². The van der Waals surface area contributed by atoms with E-state index in [1.807, 2.05) is 41.8 Å². The Morgan fingerprint density at radius 1 is 0.938 bits per heavy atom. The predicted molar refractivity (Wildman–Crippen MR) is 128 cm³/mol. The minimum absolute atomic E-state index is 0.0248. The molecule has 0 unspecified atom stereocenters. The Bertz CT molecular complexity index is 1240. The Morgan fingerprint density at radius 2 is 1.72 bits per heavy atom. The molecule has 4 rings (SSSR count). The summed E-state index contributed by atoms with van der Waals surface area (Å²) < 4.78 is 13.8. The Morgan fingerprint density at radius 3 is 2.53 bits per heavy atom. The number of anilines is 2. The molecule has 2 amide bonds. The van der Waals surface area contributed by atoms with Crippen molar-refractivity contribution in [1.82, 2.24) is 4.98 Å². The van der Waals surface area contributed by atoms with E-state index in [-0.39, 0.29) is 17.2 Å². The van der Waals surface area contributed by atoms with Crippen molar-refractivity contribution in [2.24, 2.45) is 0 Å². The highest BCUT2D eigenvalue weighted by Crippen LogP contribution is 2.26. The summed E-state index contributed by atoms with van der Waals surface area (Å²) in [5.41, 5.74) is 2.31. The molecule has 1 aromatic heterocycles. The fraction of sp³-hybridized carbons (Fsp3) is 0.0417. The number of benzene rings is 3. The highest BCUT2D eigenvalue weighted by molar-refractivity contribution is 8.00. The Balaban J connectivity index is 1.32. The first-order valence-electron chi connectivity index (χ1n) is 9.68. The van der Waals surface area contributed by atoms with Crippen LogP contribution < -0.4 is 10.6 Å². The molecular weight excluding hydrogens is 445 g/mol. The van der Waals surface area contributed by atoms with Crippen LogP contribution in [0.5, 0.6) is 0 Å². The van der Waals surface area contributed by atoms with Crippen molar-refractivity contribution >= 4 is 45.7 Å². The second kappa shape index (κ2) is 10.2. The molecule has 0 aliphatic heterocycles. The molecule has 5 nitrogen and oxygen atoms in total. The van der Waals surface area contributed by atoms with Crippen LogP contribution >= 0.6 is 23.1 Å². The molecule has 0 aliphatic rings. The summed E-state index contributed by atoms with van der Waals surface area (Å²) in [7, 11) is 0. The Labute approximate surface area is 192 Å². The first-order chi connectivity index (χ1) is 15.6. The number of carbonyl (C=O) groups is 2. The fourth-order valence-corrected chi connectivity index (χ4v) is 4.38. The molecule has 0 aliphatic carbocycles. The molecule has 1 heterocycles. The second-order valence-corrected chi connectivity index (χ2v) is 8.61. The van der Waals surface area contributed by atoms with E-state index in [0.717, 1.165) is 16.2 Å². The van der Waals surface area contributed by atoms with Gasteiger partial charge in [0.1, 0.15) is 5.82 Å². The molecule has 4 aromatic rings. The van der Waals surface area contributed by atoms with E-state index in [1.54, 1.807) is 24.3 Å². The largest absolute Gasteiger partial charge is 0.322 e. The first-order valence-corrected chi connectivity index (χ1v) is 11.5. The SMILES string of the molecule is O=C(CSc1cccc(NC(=O)c2ccccc2F)c1)Nc1nc(-c2ccccc2)cs1. The third-order valence-corrected chi connectivity index (χ3v) is 6.15. The molecule has 8 heteroatoms. The van der Waals surface area contributed by atoms with Gasteiger partial charge in [-0.3, -0.25) is 9.59 Å². The molecule has 0 radical (unpaired) electrons. The number of thiazole rings is 1. The smallest absolute Gasteiger partial charge is 0.258 e. The summed E-state index contributed by atoms with van der Waals surface area (Å²) in [6.45, 7) is 0. The normalized spacial score (nSPS) is 10.5. The van der Waals surface area contributed by atoms with E-state index >= 15 is 0 Å². The van der Waals surface area contributed by atoms with Crippen LogP contribution in [0.25, 0.3) is 11.3 Å². The van der Waals surface area contributed by atoms with Crippen molar-refractivity contribution in [2.45, 2.75) is 4.90 Å². The number of thioether (sulfide) groups is 1. The monoisotopic (exact) mass is 463 g/mol. The zero-order chi connectivity index (χ0) is 22.3. The highest BCUT2D eigenvalue weighted by Gasteiger charge is 2.12. The highest BCUT2D eigenvalue weighted by atomic mass is 32.2. The number of nitrogens with zero attached hydrogens (tertiary/aromatic N) is 1. The topological polar surface area (TPSA) is 71.1 Å². The quantitative estimate of drug-likeness (QED) is 0.333. The lowest BCUT2D eigenvalue weighted by molar-refractivity contribution is -0.113. The van der Waals surface area contributed by atoms with Gasteiger partial charge in [0.2, 0.25) is 5.91 Å². The van der Waals surface area contributed by atoms with Gasteiger partial charge in [0, 0.05) is 21.5 Å². The third kappa shape index (κ3) is 5.60. The van der Waals surface area contributed by atoms with Gasteiger partial charge < -0.3 is 10.6 Å². The van der Waals surface area contributed by atoms with E-state index in [0.29, 0.717) is 10.8 Å². The molecular formula is C24H18FN3O2S2. The minimum atomic E-state index is -0.579. The standard InChI is InChI=1S/C24H18FN3O2S2/c25-20-12-5-4-11-19(20)23(30)26-17-9-6-10-18(13-17)31-15-22(29)28-24-27-21(14-32-24)16-7-2-1-3-8-16/h1-14H,15H2,(H,26,30)(H,27,28,29). The number of rotatable bonds is 7. The number of amides is 2. The lowest BCUT2D eigenvalue weighted by Crippen LogP contribution is -2.14. The van der Waals surface area contributed by atoms with Crippen molar-refractivity contribution in [2.75, 3.05) is 16.4 Å². The van der Waals surface area contributed by atoms with Crippen molar-refractivity contribution in [3.8, 4) is 11.3 Å². The van der Waals surface area contributed by atoms with Crippen LogP contribution in [0.2, 0.25) is 0 Å². The van der Waals surface area contributed by atoms with Crippen LogP contribution in [0.4, 0.5) is 15.2 Å². The second-order valence-electron chi connectivity index (χ2n) is 6.70. The van der Waals surface area contributed by atoms with Gasteiger partial charge in [-0.2, -0.15) is 0 Å². The van der Waals surface area contributed by atoms with Crippen LogP contribution in [0.1, 0.15) is 10.4 Å². The van der Waals surface area contributed by atoms with Crippen molar-refractivity contribution in [3.63, 3.8) is 0 Å². The molecule has 0 atom stereocenters. The minimum Gasteiger partial charge on any atom is -0.322 e. The molecule has 0 saturated heterocycles. The van der Waals surface area contributed by atoms with Gasteiger partial charge in [0.15, 0.2) is 5.13 Å². The van der Waals surface area contributed by atoms with Crippen LogP contribution in [0, 0.1) is 5.82 Å². The lowest BCUT2D eigenvalue weighted by atomic mass is 10.2. The number of hydrogen-bond donors (Lipinski definition) is 2. The van der Waals surface area contributed by atoms with Crippen LogP contribution in [0.15, 0.2) is 89.1 Å². The molecule has 0 bridgehead atoms. The number of carbonyl (C=O) groups excluding carboxylic acids is 2. The van der Waals surface area contributed by atoms with Gasteiger partial charge in [-0.1, -0.05) is 48.5 Å². The zero-order valence-corrected chi connectivity index (χ0v) is 18.4. The molecule has 0 spiro atoms. The molecule has 3 aromatic carbocycles. The molecule has 2 N–H and O–H groups in total. The molecule has 0 fully saturated rings. The maximum Gasteiger partial charge on any atom is 0.258 e. The summed E-state index contributed by atoms with van der Waals surface area (Å²) in [6, 6.07) is 22.6. The summed E-state index contributed by atoms with van der Waals surface area (Å²) in [5.74, 6) is -1.10. The lowest BCUT2D eigenvalue weighted by Gasteiger charge is -2.08. The van der Waals surface area contributed by atoms with E-state index in [9.17, 15) is 14.0 Å². The number of hydrogen-bond acceptors (Lipinski definition) is 5. The first kappa shape index (κ1) is 21.7. The Hall–Kier alpha value is -3.49. The fourth-order valence-electron chi connectivity index (χ4n) is 2.88. The van der Waals surface area contributed by atoms with Gasteiger partial charge in [-0.25, -0.2) is 9.37 Å². The summed E-state index contributed by atoms with van der Waals surface area (Å²) in [4.78, 5) is 29.9. The van der Waals surface area contributed by atoms with Crippen LogP contribution in [-0.4, -0.2) is 22.6 Å². The van der Waals surface area contributed by atoms with E-state index in [1.165, 1.54) is 41.3 Å². The van der Waals surface area contributed by atoms with Gasteiger partial charge in [0.05, 0.1) is 17.0 Å². The van der Waals surface area contributed by atoms with Crippen LogP contribution in [0.3, 0.4) is 0 Å². The van der Waals surface area contributed by atoms with Crippen LogP contribution in [-0.2, 0) is 4.79 Å². The third-order valence-electron chi connectivity index (χ3n) is 4.40. The number of aromatic nitrogens is 1. The van der Waals surface area contributed by atoms with E-state index in [2.05, 4.69) is 15.6 Å². The van der Waals surface area contributed by atoms with Gasteiger partial charge in [-0.15, -0.1) is 23.1 Å². The number of nitrogens with one attached hydrogen (secondary N) is 2. The zero-order valence-electron chi connectivity index (χ0n) is 16.7. The molecule has 0 saturated carbocycles. The number of halogens is 1. The maximum absolute atomic E-state index is 13.8. The van der Waals surface area contributed by atoms with E-state index < -0.39 is 11.7 Å². The van der Waals surface area contributed by atoms with Gasteiger partial charge >= 0.3 is 0 Å². The van der Waals surface area contributed by atoms with Crippen molar-refractivity contribution in [3.05, 3.63) is 95.6 Å². The summed E-state index contributed by atoms with van der Waals surface area (Å²) in [5, 5.41) is 7.94. The predicted octanol–water partition coefficient (Wildman–Crippen LogP) is 5.93. The summed E-state index contributed by atoms with van der Waals surface area (Å²) in [6.07, 6.45) is 0.